The fourth-order valence-electron chi connectivity index (χ4n) is 4.25. The molecule has 6 nitrogen and oxygen atoms in total. The van der Waals surface area contributed by atoms with Gasteiger partial charge in [-0.05, 0) is 18.4 Å². The molecule has 0 aromatic heterocycles. The third-order valence-corrected chi connectivity index (χ3v) is 6.24. The van der Waals surface area contributed by atoms with Gasteiger partial charge < -0.3 is 15.0 Å². The van der Waals surface area contributed by atoms with E-state index in [2.05, 4.69) is 12.2 Å². The molecule has 1 aliphatic heterocycles. The molecule has 1 aromatic carbocycles. The summed E-state index contributed by atoms with van der Waals surface area (Å²) in [5, 5.41) is 2.77. The molecule has 184 valence electrons. The number of aryl methyl sites for hydroxylation is 1. The Hall–Kier alpha value is -2.37. The van der Waals surface area contributed by atoms with Gasteiger partial charge in [0.05, 0.1) is 13.0 Å². The molecule has 0 spiro atoms. The van der Waals surface area contributed by atoms with Crippen molar-refractivity contribution in [1.82, 2.24) is 10.2 Å². The van der Waals surface area contributed by atoms with Crippen LogP contribution >= 0.6 is 0 Å². The molecular weight excluding hydrogens is 416 g/mol. The molecule has 0 saturated carbocycles. The van der Waals surface area contributed by atoms with E-state index < -0.39 is 12.0 Å². The van der Waals surface area contributed by atoms with Gasteiger partial charge in [0.25, 0.3) is 0 Å². The highest BCUT2D eigenvalue weighted by molar-refractivity contribution is 5.92. The molecule has 1 heterocycles. The zero-order chi connectivity index (χ0) is 23.7. The van der Waals surface area contributed by atoms with Gasteiger partial charge in [0.1, 0.15) is 6.04 Å². The lowest BCUT2D eigenvalue weighted by molar-refractivity contribution is -0.152. The third kappa shape index (κ3) is 10.9. The first-order valence-corrected chi connectivity index (χ1v) is 12.9. The zero-order valence-electron chi connectivity index (χ0n) is 20.4. The summed E-state index contributed by atoms with van der Waals surface area (Å²) in [6.07, 6.45) is 13.1. The number of amides is 2. The van der Waals surface area contributed by atoms with Crippen LogP contribution in [-0.2, 0) is 25.5 Å². The van der Waals surface area contributed by atoms with E-state index in [1.165, 1.54) is 51.4 Å². The van der Waals surface area contributed by atoms with Gasteiger partial charge in [0, 0.05) is 19.5 Å². The minimum absolute atomic E-state index is 0.0827. The van der Waals surface area contributed by atoms with Gasteiger partial charge in [0.15, 0.2) is 0 Å². The fraction of sp³-hybridized carbons (Fsp3) is 0.667. The van der Waals surface area contributed by atoms with Crippen LogP contribution in [0.4, 0.5) is 0 Å². The highest BCUT2D eigenvalue weighted by Gasteiger charge is 2.34. The van der Waals surface area contributed by atoms with E-state index in [1.54, 1.807) is 4.90 Å². The molecule has 2 amide bonds. The average Bonchev–Trinajstić information content (AvgIpc) is 2.83. The Balaban J connectivity index is 1.63. The first-order valence-electron chi connectivity index (χ1n) is 12.9. The van der Waals surface area contributed by atoms with Crippen molar-refractivity contribution in [2.75, 3.05) is 19.7 Å². The van der Waals surface area contributed by atoms with Crippen LogP contribution in [0.15, 0.2) is 30.3 Å². The normalized spacial score (nSPS) is 15.8. The minimum Gasteiger partial charge on any atom is -0.466 e. The Morgan fingerprint density at radius 3 is 2.27 bits per heavy atom. The fourth-order valence-corrected chi connectivity index (χ4v) is 4.25. The summed E-state index contributed by atoms with van der Waals surface area (Å²) < 4.78 is 5.37. The number of nitrogens with one attached hydrogen (secondary N) is 1. The van der Waals surface area contributed by atoms with Crippen molar-refractivity contribution in [2.24, 2.45) is 0 Å². The lowest BCUT2D eigenvalue weighted by Crippen LogP contribution is -2.57. The van der Waals surface area contributed by atoms with Crippen molar-refractivity contribution >= 4 is 17.8 Å². The monoisotopic (exact) mass is 458 g/mol. The van der Waals surface area contributed by atoms with E-state index in [0.29, 0.717) is 32.5 Å². The molecule has 0 radical (unpaired) electrons. The second kappa shape index (κ2) is 16.3. The molecular formula is C27H42N2O4. The maximum atomic E-state index is 12.8. The highest BCUT2D eigenvalue weighted by Crippen LogP contribution is 2.14. The van der Waals surface area contributed by atoms with Crippen molar-refractivity contribution in [3.63, 3.8) is 0 Å². The number of rotatable bonds is 16. The molecule has 33 heavy (non-hydrogen) atoms. The lowest BCUT2D eigenvalue weighted by Gasteiger charge is -2.34. The number of benzene rings is 1. The number of carbonyl (C=O) groups is 3. The second-order valence-electron chi connectivity index (χ2n) is 8.99. The molecule has 1 N–H and O–H groups in total. The first-order chi connectivity index (χ1) is 16.1. The van der Waals surface area contributed by atoms with Gasteiger partial charge in [-0.15, -0.1) is 0 Å². The molecule has 1 unspecified atom stereocenters. The van der Waals surface area contributed by atoms with E-state index in [4.69, 9.17) is 4.74 Å². The van der Waals surface area contributed by atoms with Crippen LogP contribution < -0.4 is 5.32 Å². The Kier molecular flexibility index (Phi) is 13.3. The molecule has 1 aliphatic rings. The van der Waals surface area contributed by atoms with Gasteiger partial charge in [-0.2, -0.15) is 0 Å². The van der Waals surface area contributed by atoms with Crippen LogP contribution in [0.1, 0.15) is 89.5 Å². The van der Waals surface area contributed by atoms with Crippen LogP contribution in [0.5, 0.6) is 0 Å². The number of hydrogen-bond acceptors (Lipinski definition) is 4. The number of ether oxygens (including phenoxy) is 1. The van der Waals surface area contributed by atoms with Crippen molar-refractivity contribution < 1.29 is 19.1 Å². The molecule has 1 fully saturated rings. The molecule has 1 aromatic rings. The first kappa shape index (κ1) is 26.9. The molecule has 2 rings (SSSR count). The molecule has 1 atom stereocenters. The molecule has 0 bridgehead atoms. The summed E-state index contributed by atoms with van der Waals surface area (Å²) in [5.74, 6) is -0.778. The summed E-state index contributed by atoms with van der Waals surface area (Å²) in [6, 6.07) is 9.03. The number of hydrogen-bond donors (Lipinski definition) is 1. The van der Waals surface area contributed by atoms with Gasteiger partial charge >= 0.3 is 5.97 Å². The van der Waals surface area contributed by atoms with E-state index in [0.717, 1.165) is 18.4 Å². The Labute approximate surface area is 199 Å². The average molecular weight is 459 g/mol. The van der Waals surface area contributed by atoms with Crippen molar-refractivity contribution in [3.8, 4) is 0 Å². The highest BCUT2D eigenvalue weighted by atomic mass is 16.5. The lowest BCUT2D eigenvalue weighted by atomic mass is 10.1. The Bertz CT molecular complexity index is 707. The maximum Gasteiger partial charge on any atom is 0.308 e. The van der Waals surface area contributed by atoms with Crippen molar-refractivity contribution in [1.29, 1.82) is 0 Å². The Morgan fingerprint density at radius 2 is 1.61 bits per heavy atom. The summed E-state index contributed by atoms with van der Waals surface area (Å²) >= 11 is 0. The van der Waals surface area contributed by atoms with Gasteiger partial charge in [-0.1, -0.05) is 95.0 Å². The molecule has 6 heteroatoms. The third-order valence-electron chi connectivity index (χ3n) is 6.24. The standard InChI is InChI=1S/C27H42N2O4/c1-2-3-4-5-6-7-8-9-10-14-21-33-26(31)22-24-27(32)28-19-20-29(24)25(30)18-17-23-15-12-11-13-16-23/h11-13,15-16,24H,2-10,14,17-22H2,1H3,(H,28,32). The topological polar surface area (TPSA) is 75.7 Å². The SMILES string of the molecule is CCCCCCCCCCCCOC(=O)CC1C(=O)NCCN1C(=O)CCc1ccccc1. The van der Waals surface area contributed by atoms with E-state index in [1.807, 2.05) is 30.3 Å². The van der Waals surface area contributed by atoms with Gasteiger partial charge in [0.2, 0.25) is 11.8 Å². The van der Waals surface area contributed by atoms with E-state index in [9.17, 15) is 14.4 Å². The van der Waals surface area contributed by atoms with Crippen molar-refractivity contribution in [2.45, 2.75) is 96.4 Å². The maximum absolute atomic E-state index is 12.8. The second-order valence-corrected chi connectivity index (χ2v) is 8.99. The zero-order valence-corrected chi connectivity index (χ0v) is 20.4. The summed E-state index contributed by atoms with van der Waals surface area (Å²) in [6.45, 7) is 3.46. The quantitative estimate of drug-likeness (QED) is 0.285. The minimum atomic E-state index is -0.776. The predicted octanol–water partition coefficient (Wildman–Crippen LogP) is 4.80. The van der Waals surface area contributed by atoms with Crippen LogP contribution in [0.2, 0.25) is 0 Å². The van der Waals surface area contributed by atoms with E-state index in [-0.39, 0.29) is 18.2 Å². The van der Waals surface area contributed by atoms with Crippen LogP contribution in [0, 0.1) is 0 Å². The number of nitrogens with zero attached hydrogens (tertiary/aromatic N) is 1. The number of esters is 1. The molecule has 1 saturated heterocycles. The number of carbonyl (C=O) groups excluding carboxylic acids is 3. The van der Waals surface area contributed by atoms with Gasteiger partial charge in [-0.25, -0.2) is 0 Å². The smallest absolute Gasteiger partial charge is 0.308 e. The van der Waals surface area contributed by atoms with Crippen LogP contribution in [0.25, 0.3) is 0 Å². The predicted molar refractivity (Wildman–Crippen MR) is 131 cm³/mol. The van der Waals surface area contributed by atoms with Crippen LogP contribution in [0.3, 0.4) is 0 Å². The number of piperazine rings is 1. The summed E-state index contributed by atoms with van der Waals surface area (Å²) in [5.41, 5.74) is 1.08. The Morgan fingerprint density at radius 1 is 0.970 bits per heavy atom. The van der Waals surface area contributed by atoms with Gasteiger partial charge in [-0.3, -0.25) is 14.4 Å². The number of unbranched alkanes of at least 4 members (excludes halogenated alkanes) is 9. The van der Waals surface area contributed by atoms with Crippen LogP contribution in [-0.4, -0.2) is 48.4 Å². The summed E-state index contributed by atoms with van der Waals surface area (Å²) in [4.78, 5) is 39.0. The summed E-state index contributed by atoms with van der Waals surface area (Å²) in [7, 11) is 0. The largest absolute Gasteiger partial charge is 0.466 e. The van der Waals surface area contributed by atoms with Crippen molar-refractivity contribution in [3.05, 3.63) is 35.9 Å². The molecule has 0 aliphatic carbocycles. The van der Waals surface area contributed by atoms with E-state index >= 15 is 0 Å².